The topological polar surface area (TPSA) is 42.4 Å². The fourth-order valence-electron chi connectivity index (χ4n) is 2.64. The second kappa shape index (κ2) is 8.44. The molecule has 0 atom stereocenters. The Hall–Kier alpha value is -2.20. The number of carbonyl (C=O) groups is 1. The first-order chi connectivity index (χ1) is 11.2. The predicted octanol–water partition coefficient (Wildman–Crippen LogP) is 3.56. The summed E-state index contributed by atoms with van der Waals surface area (Å²) < 4.78 is 5.14. The van der Waals surface area contributed by atoms with Crippen molar-refractivity contribution in [3.63, 3.8) is 0 Å². The van der Waals surface area contributed by atoms with Crippen LogP contribution in [0.25, 0.3) is 11.1 Å². The van der Waals surface area contributed by atoms with E-state index >= 15 is 0 Å². The number of amides is 1. The molecule has 1 aromatic heterocycles. The van der Waals surface area contributed by atoms with Crippen LogP contribution in [0.4, 0.5) is 0 Å². The van der Waals surface area contributed by atoms with Gasteiger partial charge in [0.1, 0.15) is 0 Å². The van der Waals surface area contributed by atoms with E-state index in [0.717, 1.165) is 23.2 Å². The first-order valence-electron chi connectivity index (χ1n) is 7.98. The third-order valence-corrected chi connectivity index (χ3v) is 3.79. The molecule has 2 aromatic rings. The molecule has 122 valence electrons. The lowest BCUT2D eigenvalue weighted by Crippen LogP contribution is -2.35. The molecule has 0 N–H and O–H groups in total. The molecule has 0 bridgehead atoms. The zero-order chi connectivity index (χ0) is 16.7. The lowest BCUT2D eigenvalue weighted by atomic mass is 9.98. The number of benzene rings is 1. The molecule has 1 heterocycles. The van der Waals surface area contributed by atoms with Crippen LogP contribution >= 0.6 is 0 Å². The van der Waals surface area contributed by atoms with E-state index in [1.807, 2.05) is 48.2 Å². The van der Waals surface area contributed by atoms with Crippen molar-refractivity contribution in [3.05, 3.63) is 53.9 Å². The van der Waals surface area contributed by atoms with Crippen molar-refractivity contribution in [1.29, 1.82) is 0 Å². The van der Waals surface area contributed by atoms with Crippen LogP contribution in [0.2, 0.25) is 0 Å². The number of aryl methyl sites for hydroxylation is 1. The van der Waals surface area contributed by atoms with E-state index in [-0.39, 0.29) is 5.91 Å². The van der Waals surface area contributed by atoms with Crippen molar-refractivity contribution in [2.75, 3.05) is 26.8 Å². The SMILES string of the molecule is CCCN(CCOC)C(=O)c1c(-c2ccccc2)ccnc1C. The van der Waals surface area contributed by atoms with Crippen LogP contribution in [-0.4, -0.2) is 42.6 Å². The van der Waals surface area contributed by atoms with Gasteiger partial charge in [0.15, 0.2) is 0 Å². The molecule has 0 aliphatic carbocycles. The monoisotopic (exact) mass is 312 g/mol. The van der Waals surface area contributed by atoms with Gasteiger partial charge in [-0.3, -0.25) is 9.78 Å². The Kier molecular flexibility index (Phi) is 6.29. The summed E-state index contributed by atoms with van der Waals surface area (Å²) in [5, 5.41) is 0. The number of rotatable bonds is 7. The molecule has 0 spiro atoms. The molecule has 1 aromatic carbocycles. The maximum atomic E-state index is 13.1. The highest BCUT2D eigenvalue weighted by Gasteiger charge is 2.21. The van der Waals surface area contributed by atoms with Crippen LogP contribution in [0.3, 0.4) is 0 Å². The number of hydrogen-bond donors (Lipinski definition) is 0. The fraction of sp³-hybridized carbons (Fsp3) is 0.368. The average Bonchev–Trinajstić information content (AvgIpc) is 2.58. The van der Waals surface area contributed by atoms with Crippen LogP contribution in [0.5, 0.6) is 0 Å². The molecular weight excluding hydrogens is 288 g/mol. The second-order valence-electron chi connectivity index (χ2n) is 5.47. The molecule has 1 amide bonds. The highest BCUT2D eigenvalue weighted by Crippen LogP contribution is 2.26. The summed E-state index contributed by atoms with van der Waals surface area (Å²) in [7, 11) is 1.65. The maximum Gasteiger partial charge on any atom is 0.256 e. The lowest BCUT2D eigenvalue weighted by Gasteiger charge is -2.24. The molecule has 4 nitrogen and oxygen atoms in total. The van der Waals surface area contributed by atoms with Gasteiger partial charge in [-0.25, -0.2) is 0 Å². The van der Waals surface area contributed by atoms with Gasteiger partial charge in [0.05, 0.1) is 17.9 Å². The Morgan fingerprint density at radius 1 is 1.17 bits per heavy atom. The minimum Gasteiger partial charge on any atom is -0.383 e. The van der Waals surface area contributed by atoms with Crippen LogP contribution < -0.4 is 0 Å². The van der Waals surface area contributed by atoms with Crippen LogP contribution in [0, 0.1) is 6.92 Å². The van der Waals surface area contributed by atoms with E-state index in [4.69, 9.17) is 4.74 Å². The summed E-state index contributed by atoms with van der Waals surface area (Å²) in [6.07, 6.45) is 2.67. The molecule has 23 heavy (non-hydrogen) atoms. The Balaban J connectivity index is 2.42. The fourth-order valence-corrected chi connectivity index (χ4v) is 2.64. The maximum absolute atomic E-state index is 13.1. The van der Waals surface area contributed by atoms with Gasteiger partial charge >= 0.3 is 0 Å². The second-order valence-corrected chi connectivity index (χ2v) is 5.47. The minimum atomic E-state index is 0.0216. The molecule has 0 aliphatic heterocycles. The highest BCUT2D eigenvalue weighted by molar-refractivity contribution is 6.01. The summed E-state index contributed by atoms with van der Waals surface area (Å²) in [5.41, 5.74) is 3.41. The molecular formula is C19H24N2O2. The van der Waals surface area contributed by atoms with E-state index < -0.39 is 0 Å². The molecule has 0 aliphatic rings. The molecule has 0 fully saturated rings. The van der Waals surface area contributed by atoms with Gasteiger partial charge in [0.25, 0.3) is 5.91 Å². The number of carbonyl (C=O) groups excluding carboxylic acids is 1. The molecule has 0 unspecified atom stereocenters. The Labute approximate surface area is 138 Å². The third-order valence-electron chi connectivity index (χ3n) is 3.79. The summed E-state index contributed by atoms with van der Waals surface area (Å²) >= 11 is 0. The van der Waals surface area contributed by atoms with E-state index in [1.165, 1.54) is 0 Å². The van der Waals surface area contributed by atoms with Gasteiger partial charge in [0, 0.05) is 26.4 Å². The van der Waals surface area contributed by atoms with Crippen LogP contribution in [0.15, 0.2) is 42.6 Å². The number of ether oxygens (including phenoxy) is 1. The molecule has 0 saturated heterocycles. The Bertz CT molecular complexity index is 641. The van der Waals surface area contributed by atoms with Crippen molar-refractivity contribution in [3.8, 4) is 11.1 Å². The molecule has 4 heteroatoms. The summed E-state index contributed by atoms with van der Waals surface area (Å²) in [6.45, 7) is 5.80. The first kappa shape index (κ1) is 17.2. The lowest BCUT2D eigenvalue weighted by molar-refractivity contribution is 0.0695. The number of hydrogen-bond acceptors (Lipinski definition) is 3. The number of nitrogens with zero attached hydrogens (tertiary/aromatic N) is 2. The summed E-state index contributed by atoms with van der Waals surface area (Å²) in [6, 6.07) is 11.9. The molecule has 0 radical (unpaired) electrons. The van der Waals surface area contributed by atoms with Gasteiger partial charge in [-0.1, -0.05) is 37.3 Å². The van der Waals surface area contributed by atoms with Crippen molar-refractivity contribution in [2.24, 2.45) is 0 Å². The van der Waals surface area contributed by atoms with Crippen molar-refractivity contribution in [1.82, 2.24) is 9.88 Å². The van der Waals surface area contributed by atoms with Crippen LogP contribution in [0.1, 0.15) is 29.4 Å². The van der Waals surface area contributed by atoms with Gasteiger partial charge in [0.2, 0.25) is 0 Å². The van der Waals surface area contributed by atoms with E-state index in [9.17, 15) is 4.79 Å². The molecule has 0 saturated carbocycles. The zero-order valence-electron chi connectivity index (χ0n) is 14.1. The minimum absolute atomic E-state index is 0.0216. The first-order valence-corrected chi connectivity index (χ1v) is 7.98. The Morgan fingerprint density at radius 2 is 1.91 bits per heavy atom. The normalized spacial score (nSPS) is 10.6. The number of pyridine rings is 1. The summed E-state index contributed by atoms with van der Waals surface area (Å²) in [5.74, 6) is 0.0216. The van der Waals surface area contributed by atoms with Crippen molar-refractivity contribution < 1.29 is 9.53 Å². The number of aromatic nitrogens is 1. The van der Waals surface area contributed by atoms with Crippen LogP contribution in [-0.2, 0) is 4.74 Å². The standard InChI is InChI=1S/C19H24N2O2/c1-4-12-21(13-14-23-3)19(22)18-15(2)20-11-10-17(18)16-8-6-5-7-9-16/h5-11H,4,12-14H2,1-3H3. The summed E-state index contributed by atoms with van der Waals surface area (Å²) in [4.78, 5) is 19.3. The predicted molar refractivity (Wildman–Crippen MR) is 92.5 cm³/mol. The van der Waals surface area contributed by atoms with Gasteiger partial charge < -0.3 is 9.64 Å². The molecule has 2 rings (SSSR count). The van der Waals surface area contributed by atoms with Gasteiger partial charge in [-0.15, -0.1) is 0 Å². The van der Waals surface area contributed by atoms with E-state index in [0.29, 0.717) is 25.3 Å². The van der Waals surface area contributed by atoms with Crippen molar-refractivity contribution >= 4 is 5.91 Å². The third kappa shape index (κ3) is 4.17. The highest BCUT2D eigenvalue weighted by atomic mass is 16.5. The quantitative estimate of drug-likeness (QED) is 0.785. The average molecular weight is 312 g/mol. The van der Waals surface area contributed by atoms with Gasteiger partial charge in [-0.2, -0.15) is 0 Å². The van der Waals surface area contributed by atoms with E-state index in [1.54, 1.807) is 13.3 Å². The van der Waals surface area contributed by atoms with Crippen molar-refractivity contribution in [2.45, 2.75) is 20.3 Å². The zero-order valence-corrected chi connectivity index (χ0v) is 14.1. The van der Waals surface area contributed by atoms with E-state index in [2.05, 4.69) is 11.9 Å². The number of methoxy groups -OCH3 is 1. The van der Waals surface area contributed by atoms with Gasteiger partial charge in [-0.05, 0) is 30.5 Å². The smallest absolute Gasteiger partial charge is 0.256 e. The largest absolute Gasteiger partial charge is 0.383 e. The Morgan fingerprint density at radius 3 is 2.57 bits per heavy atom.